The van der Waals surface area contributed by atoms with Gasteiger partial charge in [0.2, 0.25) is 0 Å². The van der Waals surface area contributed by atoms with Crippen LogP contribution in [0.15, 0.2) is 24.3 Å². The minimum atomic E-state index is 0.565. The van der Waals surface area contributed by atoms with E-state index in [2.05, 4.69) is 48.3 Å². The Morgan fingerprint density at radius 3 is 2.81 bits per heavy atom. The molecule has 21 heavy (non-hydrogen) atoms. The summed E-state index contributed by atoms with van der Waals surface area (Å²) in [6.45, 7) is 9.92. The number of piperidine rings is 1. The molecular formula is C18H30N2O. The summed E-state index contributed by atoms with van der Waals surface area (Å²) < 4.78 is 5.29. The first-order valence-electron chi connectivity index (χ1n) is 8.26. The Bertz CT molecular complexity index is 421. The molecule has 0 amide bonds. The summed E-state index contributed by atoms with van der Waals surface area (Å²) in [5.74, 6) is 0.772. The molecule has 0 spiro atoms. The van der Waals surface area contributed by atoms with Crippen molar-refractivity contribution in [3.05, 3.63) is 35.4 Å². The van der Waals surface area contributed by atoms with E-state index in [1.165, 1.54) is 43.6 Å². The quantitative estimate of drug-likeness (QED) is 0.835. The normalized spacial score (nSPS) is 21.4. The fourth-order valence-corrected chi connectivity index (χ4v) is 3.25. The smallest absolute Gasteiger partial charge is 0.0716 e. The first-order valence-corrected chi connectivity index (χ1v) is 8.26. The Kier molecular flexibility index (Phi) is 6.68. The predicted molar refractivity (Wildman–Crippen MR) is 88.3 cm³/mol. The van der Waals surface area contributed by atoms with E-state index in [1.807, 2.05) is 0 Å². The van der Waals surface area contributed by atoms with Gasteiger partial charge in [0.15, 0.2) is 0 Å². The number of nitrogens with one attached hydrogen (secondary N) is 1. The van der Waals surface area contributed by atoms with Gasteiger partial charge in [0, 0.05) is 26.2 Å². The Hall–Kier alpha value is -0.900. The number of likely N-dealkylation sites (tertiary alicyclic amines) is 1. The summed E-state index contributed by atoms with van der Waals surface area (Å²) in [5, 5.41) is 3.73. The van der Waals surface area contributed by atoms with Gasteiger partial charge in [-0.05, 0) is 49.9 Å². The predicted octanol–water partition coefficient (Wildman–Crippen LogP) is 3.04. The summed E-state index contributed by atoms with van der Waals surface area (Å²) >= 11 is 0. The minimum Gasteiger partial charge on any atom is -0.380 e. The third kappa shape index (κ3) is 4.80. The summed E-state index contributed by atoms with van der Waals surface area (Å²) in [4.78, 5) is 2.57. The van der Waals surface area contributed by atoms with Gasteiger partial charge in [0.25, 0.3) is 0 Å². The van der Waals surface area contributed by atoms with E-state index in [-0.39, 0.29) is 0 Å². The van der Waals surface area contributed by atoms with Gasteiger partial charge in [-0.15, -0.1) is 0 Å². The highest BCUT2D eigenvalue weighted by Crippen LogP contribution is 2.20. The lowest BCUT2D eigenvalue weighted by atomic mass is 9.91. The molecule has 1 fully saturated rings. The van der Waals surface area contributed by atoms with Crippen LogP contribution < -0.4 is 5.32 Å². The van der Waals surface area contributed by atoms with Crippen LogP contribution in [0.25, 0.3) is 0 Å². The molecule has 1 aliphatic rings. The SMILES string of the molecule is CCN1CCCC(C(C)NCc2ccccc2COC)C1. The zero-order valence-corrected chi connectivity index (χ0v) is 13.8. The molecule has 0 bridgehead atoms. The molecular weight excluding hydrogens is 260 g/mol. The van der Waals surface area contributed by atoms with Crippen molar-refractivity contribution in [3.8, 4) is 0 Å². The zero-order valence-electron chi connectivity index (χ0n) is 13.8. The molecule has 0 radical (unpaired) electrons. The maximum Gasteiger partial charge on any atom is 0.0716 e. The van der Waals surface area contributed by atoms with Crippen LogP contribution in [0.2, 0.25) is 0 Å². The van der Waals surface area contributed by atoms with E-state index in [0.717, 1.165) is 12.5 Å². The van der Waals surface area contributed by atoms with Crippen LogP contribution in [-0.2, 0) is 17.9 Å². The van der Waals surface area contributed by atoms with Crippen LogP contribution in [0.5, 0.6) is 0 Å². The van der Waals surface area contributed by atoms with Crippen molar-refractivity contribution in [2.45, 2.75) is 45.9 Å². The molecule has 0 aliphatic carbocycles. The molecule has 118 valence electrons. The Labute approximate surface area is 129 Å². The van der Waals surface area contributed by atoms with Gasteiger partial charge < -0.3 is 15.0 Å². The first kappa shape index (κ1) is 16.5. The third-order valence-corrected chi connectivity index (χ3v) is 4.73. The second kappa shape index (κ2) is 8.52. The number of rotatable bonds is 7. The van der Waals surface area contributed by atoms with Crippen molar-refractivity contribution in [2.24, 2.45) is 5.92 Å². The van der Waals surface area contributed by atoms with Gasteiger partial charge in [-0.25, -0.2) is 0 Å². The molecule has 1 N–H and O–H groups in total. The van der Waals surface area contributed by atoms with Crippen LogP contribution >= 0.6 is 0 Å². The lowest BCUT2D eigenvalue weighted by Gasteiger charge is -2.35. The average molecular weight is 290 g/mol. The fourth-order valence-electron chi connectivity index (χ4n) is 3.25. The molecule has 2 rings (SSSR count). The van der Waals surface area contributed by atoms with E-state index < -0.39 is 0 Å². The minimum absolute atomic E-state index is 0.565. The molecule has 3 nitrogen and oxygen atoms in total. The van der Waals surface area contributed by atoms with E-state index in [9.17, 15) is 0 Å². The monoisotopic (exact) mass is 290 g/mol. The number of benzene rings is 1. The molecule has 0 aromatic heterocycles. The maximum atomic E-state index is 5.29. The second-order valence-electron chi connectivity index (χ2n) is 6.17. The summed E-state index contributed by atoms with van der Waals surface area (Å²) in [7, 11) is 1.76. The molecule has 3 heteroatoms. The number of nitrogens with zero attached hydrogens (tertiary/aromatic N) is 1. The molecule has 0 saturated carbocycles. The van der Waals surface area contributed by atoms with Crippen molar-refractivity contribution in [1.29, 1.82) is 0 Å². The Morgan fingerprint density at radius 2 is 2.10 bits per heavy atom. The Morgan fingerprint density at radius 1 is 1.33 bits per heavy atom. The summed E-state index contributed by atoms with van der Waals surface area (Å²) in [6, 6.07) is 9.12. The standard InChI is InChI=1S/C18H30N2O/c1-4-20-11-7-10-17(13-20)15(2)19-12-16-8-5-6-9-18(16)14-21-3/h5-6,8-9,15,17,19H,4,7,10-14H2,1-3H3. The number of methoxy groups -OCH3 is 1. The molecule has 1 saturated heterocycles. The van der Waals surface area contributed by atoms with E-state index in [4.69, 9.17) is 4.74 Å². The van der Waals surface area contributed by atoms with Crippen molar-refractivity contribution in [2.75, 3.05) is 26.7 Å². The maximum absolute atomic E-state index is 5.29. The first-order chi connectivity index (χ1) is 10.2. The largest absolute Gasteiger partial charge is 0.380 e. The Balaban J connectivity index is 1.87. The average Bonchev–Trinajstić information content (AvgIpc) is 2.54. The van der Waals surface area contributed by atoms with Crippen LogP contribution in [0, 0.1) is 5.92 Å². The molecule has 1 aliphatic heterocycles. The van der Waals surface area contributed by atoms with Crippen molar-refractivity contribution >= 4 is 0 Å². The second-order valence-corrected chi connectivity index (χ2v) is 6.17. The third-order valence-electron chi connectivity index (χ3n) is 4.73. The lowest BCUT2D eigenvalue weighted by molar-refractivity contribution is 0.156. The fraction of sp³-hybridized carbons (Fsp3) is 0.667. The molecule has 1 aromatic carbocycles. The van der Waals surface area contributed by atoms with Crippen molar-refractivity contribution < 1.29 is 4.74 Å². The van der Waals surface area contributed by atoms with Crippen LogP contribution in [0.4, 0.5) is 0 Å². The molecule has 2 atom stereocenters. The van der Waals surface area contributed by atoms with Gasteiger partial charge in [-0.2, -0.15) is 0 Å². The highest BCUT2D eigenvalue weighted by atomic mass is 16.5. The highest BCUT2D eigenvalue weighted by molar-refractivity contribution is 5.26. The van der Waals surface area contributed by atoms with Crippen LogP contribution in [0.3, 0.4) is 0 Å². The number of hydrogen-bond donors (Lipinski definition) is 1. The van der Waals surface area contributed by atoms with Crippen molar-refractivity contribution in [1.82, 2.24) is 10.2 Å². The van der Waals surface area contributed by atoms with E-state index >= 15 is 0 Å². The van der Waals surface area contributed by atoms with Gasteiger partial charge in [-0.3, -0.25) is 0 Å². The van der Waals surface area contributed by atoms with Gasteiger partial charge in [-0.1, -0.05) is 31.2 Å². The van der Waals surface area contributed by atoms with Gasteiger partial charge >= 0.3 is 0 Å². The molecule has 1 heterocycles. The highest BCUT2D eigenvalue weighted by Gasteiger charge is 2.23. The number of hydrogen-bond acceptors (Lipinski definition) is 3. The zero-order chi connectivity index (χ0) is 15.1. The molecule has 1 aromatic rings. The van der Waals surface area contributed by atoms with E-state index in [0.29, 0.717) is 12.6 Å². The lowest BCUT2D eigenvalue weighted by Crippen LogP contribution is -2.44. The van der Waals surface area contributed by atoms with Gasteiger partial charge in [0.05, 0.1) is 6.61 Å². The van der Waals surface area contributed by atoms with Crippen LogP contribution in [-0.4, -0.2) is 37.7 Å². The summed E-state index contributed by atoms with van der Waals surface area (Å²) in [6.07, 6.45) is 2.69. The topological polar surface area (TPSA) is 24.5 Å². The van der Waals surface area contributed by atoms with E-state index in [1.54, 1.807) is 7.11 Å². The van der Waals surface area contributed by atoms with Gasteiger partial charge in [0.1, 0.15) is 0 Å². The van der Waals surface area contributed by atoms with Crippen molar-refractivity contribution in [3.63, 3.8) is 0 Å². The van der Waals surface area contributed by atoms with Crippen LogP contribution in [0.1, 0.15) is 37.8 Å². The molecule has 2 unspecified atom stereocenters. The number of ether oxygens (including phenoxy) is 1. The summed E-state index contributed by atoms with van der Waals surface area (Å²) in [5.41, 5.74) is 2.65.